The average Bonchev–Trinajstić information content (AvgIpc) is 3.26. The average molecular weight is 374 g/mol. The lowest BCUT2D eigenvalue weighted by Gasteiger charge is -2.23. The lowest BCUT2D eigenvalue weighted by atomic mass is 9.78. The molecule has 6 nitrogen and oxygen atoms in total. The molecule has 140 valence electrons. The molecule has 6 heteroatoms. The minimum Gasteiger partial charge on any atom is -0.494 e. The first-order valence-corrected chi connectivity index (χ1v) is 9.19. The number of ether oxygens (including phenoxy) is 1. The summed E-state index contributed by atoms with van der Waals surface area (Å²) in [4.78, 5) is 11.3. The number of aromatic nitrogens is 1. The summed E-state index contributed by atoms with van der Waals surface area (Å²) in [7, 11) is 0. The van der Waals surface area contributed by atoms with Crippen molar-refractivity contribution in [1.82, 2.24) is 4.57 Å². The van der Waals surface area contributed by atoms with Crippen LogP contribution in [-0.2, 0) is 20.7 Å². The zero-order valence-electron chi connectivity index (χ0n) is 15.3. The number of aldehydes is 1. The fourth-order valence-electron chi connectivity index (χ4n) is 4.99. The number of benzene rings is 2. The number of rotatable bonds is 3. The van der Waals surface area contributed by atoms with E-state index in [1.165, 1.54) is 4.57 Å². The van der Waals surface area contributed by atoms with Crippen molar-refractivity contribution in [3.05, 3.63) is 53.1 Å². The molecular weight excluding hydrogens is 356 g/mol. The maximum atomic E-state index is 11.3. The molecule has 1 fully saturated rings. The fraction of sp³-hybridized carbons (Fsp3) is 0.273. The molecule has 1 aromatic heterocycles. The van der Waals surface area contributed by atoms with Gasteiger partial charge >= 0.3 is 0 Å². The Kier molecular flexibility index (Phi) is 3.23. The highest BCUT2D eigenvalue weighted by atomic mass is 16.5. The zero-order valence-corrected chi connectivity index (χ0v) is 15.3. The Balaban J connectivity index is 1.84. The van der Waals surface area contributed by atoms with Crippen LogP contribution in [-0.4, -0.2) is 21.1 Å². The summed E-state index contributed by atoms with van der Waals surface area (Å²) in [5.41, 5.74) is 0.495. The Labute approximate surface area is 161 Å². The van der Waals surface area contributed by atoms with Crippen molar-refractivity contribution in [2.45, 2.75) is 37.4 Å². The van der Waals surface area contributed by atoms with E-state index in [2.05, 4.69) is 6.07 Å². The van der Waals surface area contributed by atoms with Crippen LogP contribution >= 0.6 is 0 Å². The Morgan fingerprint density at radius 1 is 1.14 bits per heavy atom. The molecule has 0 aliphatic carbocycles. The van der Waals surface area contributed by atoms with Crippen LogP contribution in [0.3, 0.4) is 0 Å². The van der Waals surface area contributed by atoms with Gasteiger partial charge in [0.25, 0.3) is 0 Å². The number of carbonyl (C=O) groups excluding carboxylic acids is 1. The van der Waals surface area contributed by atoms with Crippen LogP contribution < -0.4 is 0 Å². The molecule has 0 amide bonds. The third kappa shape index (κ3) is 1.87. The maximum Gasteiger partial charge on any atom is 0.205 e. The number of nitriles is 1. The van der Waals surface area contributed by atoms with Crippen LogP contribution in [0.4, 0.5) is 0 Å². The summed E-state index contributed by atoms with van der Waals surface area (Å²) in [6, 6.07) is 12.9. The van der Waals surface area contributed by atoms with Gasteiger partial charge in [0, 0.05) is 17.2 Å². The molecule has 3 heterocycles. The standard InChI is InChI=1S/C22H18N2O4/c1-21-8-9-22(28-21,10-11-25)18-17(21)19(26)24(20(18)27)16-7-6-13(12-23)14-4-2-3-5-15(14)16/h2-7,11,26-27H,8-10H2,1H3/t21-,22-/m0/s1. The van der Waals surface area contributed by atoms with Crippen LogP contribution in [0.25, 0.3) is 16.5 Å². The van der Waals surface area contributed by atoms with Crippen molar-refractivity contribution in [2.24, 2.45) is 0 Å². The summed E-state index contributed by atoms with van der Waals surface area (Å²) in [6.45, 7) is 1.88. The van der Waals surface area contributed by atoms with Gasteiger partial charge in [0.2, 0.25) is 11.8 Å². The zero-order chi connectivity index (χ0) is 19.7. The minimum atomic E-state index is -0.902. The van der Waals surface area contributed by atoms with Gasteiger partial charge in [0.15, 0.2) is 0 Å². The summed E-state index contributed by atoms with van der Waals surface area (Å²) in [6.07, 6.45) is 2.20. The molecule has 5 rings (SSSR count). The summed E-state index contributed by atoms with van der Waals surface area (Å²) in [5, 5.41) is 33.1. The molecule has 1 saturated heterocycles. The molecule has 2 N–H and O–H groups in total. The van der Waals surface area contributed by atoms with Crippen LogP contribution in [0, 0.1) is 11.3 Å². The molecule has 0 unspecified atom stereocenters. The second-order valence-electron chi connectivity index (χ2n) is 7.72. The topological polar surface area (TPSA) is 95.5 Å². The molecule has 0 saturated carbocycles. The minimum absolute atomic E-state index is 0.0858. The number of hydrogen-bond donors (Lipinski definition) is 2. The van der Waals surface area contributed by atoms with Gasteiger partial charge in [-0.2, -0.15) is 5.26 Å². The number of hydrogen-bond acceptors (Lipinski definition) is 5. The van der Waals surface area contributed by atoms with Crippen LogP contribution in [0.1, 0.15) is 42.9 Å². The Morgan fingerprint density at radius 2 is 1.86 bits per heavy atom. The summed E-state index contributed by atoms with van der Waals surface area (Å²) in [5.74, 6) is -0.204. The second-order valence-corrected chi connectivity index (χ2v) is 7.72. The predicted octanol–water partition coefficient (Wildman–Crippen LogP) is 3.74. The number of aromatic hydroxyl groups is 2. The SMILES string of the molecule is C[C@@]12CC[C@@](CC=O)(O1)c1c2c(O)n(-c2ccc(C#N)c3ccccc23)c1O. The van der Waals surface area contributed by atoms with Gasteiger partial charge in [-0.15, -0.1) is 0 Å². The molecular formula is C22H18N2O4. The van der Waals surface area contributed by atoms with Crippen molar-refractivity contribution < 1.29 is 19.7 Å². The van der Waals surface area contributed by atoms with Gasteiger partial charge in [0.1, 0.15) is 11.9 Å². The maximum absolute atomic E-state index is 11.3. The summed E-state index contributed by atoms with van der Waals surface area (Å²) < 4.78 is 7.57. The third-order valence-electron chi connectivity index (χ3n) is 6.21. The van der Waals surface area contributed by atoms with Crippen molar-refractivity contribution >= 4 is 17.1 Å². The van der Waals surface area contributed by atoms with E-state index in [4.69, 9.17) is 4.74 Å². The van der Waals surface area contributed by atoms with Gasteiger partial charge in [0.05, 0.1) is 34.0 Å². The first kappa shape index (κ1) is 16.8. The van der Waals surface area contributed by atoms with Crippen LogP contribution in [0.5, 0.6) is 11.8 Å². The number of nitrogens with zero attached hydrogens (tertiary/aromatic N) is 2. The van der Waals surface area contributed by atoms with E-state index in [1.807, 2.05) is 31.2 Å². The molecule has 0 spiro atoms. The molecule has 2 atom stereocenters. The van der Waals surface area contributed by atoms with E-state index in [1.54, 1.807) is 12.1 Å². The van der Waals surface area contributed by atoms with Gasteiger partial charge in [-0.05, 0) is 31.9 Å². The molecule has 0 radical (unpaired) electrons. The Hall–Kier alpha value is -3.30. The lowest BCUT2D eigenvalue weighted by Crippen LogP contribution is -2.23. The molecule has 3 aromatic rings. The van der Waals surface area contributed by atoms with E-state index >= 15 is 0 Å². The van der Waals surface area contributed by atoms with E-state index in [9.17, 15) is 20.3 Å². The van der Waals surface area contributed by atoms with E-state index < -0.39 is 11.2 Å². The van der Waals surface area contributed by atoms with Crippen molar-refractivity contribution in [3.8, 4) is 23.5 Å². The van der Waals surface area contributed by atoms with Crippen LogP contribution in [0.2, 0.25) is 0 Å². The first-order valence-electron chi connectivity index (χ1n) is 9.19. The Bertz CT molecular complexity index is 1210. The molecule has 2 bridgehead atoms. The molecule has 28 heavy (non-hydrogen) atoms. The first-order chi connectivity index (χ1) is 13.5. The highest BCUT2D eigenvalue weighted by molar-refractivity contribution is 5.95. The number of carbonyl (C=O) groups is 1. The van der Waals surface area contributed by atoms with Gasteiger partial charge < -0.3 is 19.7 Å². The van der Waals surface area contributed by atoms with Crippen molar-refractivity contribution in [1.29, 1.82) is 5.26 Å². The summed E-state index contributed by atoms with van der Waals surface area (Å²) >= 11 is 0. The highest BCUT2D eigenvalue weighted by Crippen LogP contribution is 2.65. The highest BCUT2D eigenvalue weighted by Gasteiger charge is 2.61. The monoisotopic (exact) mass is 374 g/mol. The van der Waals surface area contributed by atoms with E-state index in [-0.39, 0.29) is 18.2 Å². The van der Waals surface area contributed by atoms with E-state index in [0.29, 0.717) is 35.2 Å². The van der Waals surface area contributed by atoms with Gasteiger partial charge in [-0.1, -0.05) is 24.3 Å². The normalized spacial score (nSPS) is 25.0. The number of fused-ring (bicyclic) bond motifs is 6. The van der Waals surface area contributed by atoms with Crippen molar-refractivity contribution in [3.63, 3.8) is 0 Å². The van der Waals surface area contributed by atoms with Gasteiger partial charge in [-0.25, -0.2) is 0 Å². The quantitative estimate of drug-likeness (QED) is 0.681. The predicted molar refractivity (Wildman–Crippen MR) is 101 cm³/mol. The smallest absolute Gasteiger partial charge is 0.205 e. The van der Waals surface area contributed by atoms with Crippen molar-refractivity contribution in [2.75, 3.05) is 0 Å². The van der Waals surface area contributed by atoms with E-state index in [0.717, 1.165) is 17.1 Å². The van der Waals surface area contributed by atoms with Crippen LogP contribution in [0.15, 0.2) is 36.4 Å². The lowest BCUT2D eigenvalue weighted by molar-refractivity contribution is -0.119. The Morgan fingerprint density at radius 3 is 2.57 bits per heavy atom. The molecule has 2 aromatic carbocycles. The third-order valence-corrected chi connectivity index (χ3v) is 6.21. The second kappa shape index (κ2) is 5.37. The molecule has 2 aliphatic heterocycles. The largest absolute Gasteiger partial charge is 0.494 e. The molecule has 2 aliphatic rings. The fourth-order valence-corrected chi connectivity index (χ4v) is 4.99. The van der Waals surface area contributed by atoms with Gasteiger partial charge in [-0.3, -0.25) is 4.57 Å².